The minimum Gasteiger partial charge on any atom is -0.343 e. The van der Waals surface area contributed by atoms with Crippen molar-refractivity contribution < 1.29 is 4.79 Å². The van der Waals surface area contributed by atoms with E-state index in [9.17, 15) is 4.79 Å². The number of likely N-dealkylation sites (tertiary alicyclic amines) is 1. The first-order valence-corrected chi connectivity index (χ1v) is 5.70. The van der Waals surface area contributed by atoms with Crippen LogP contribution in [0.2, 0.25) is 0 Å². The van der Waals surface area contributed by atoms with Crippen LogP contribution in [0, 0.1) is 6.92 Å². The van der Waals surface area contributed by atoms with E-state index >= 15 is 0 Å². The summed E-state index contributed by atoms with van der Waals surface area (Å²) in [5.74, 6) is 0.663. The van der Waals surface area contributed by atoms with Crippen molar-refractivity contribution in [3.05, 3.63) is 23.8 Å². The summed E-state index contributed by atoms with van der Waals surface area (Å²) < 4.78 is 0. The lowest BCUT2D eigenvalue weighted by Gasteiger charge is -2.31. The largest absolute Gasteiger partial charge is 0.343 e. The van der Waals surface area contributed by atoms with Crippen LogP contribution in [0.3, 0.4) is 0 Å². The predicted octanol–water partition coefficient (Wildman–Crippen LogP) is 1.51. The molecule has 0 bridgehead atoms. The van der Waals surface area contributed by atoms with Gasteiger partial charge in [-0.25, -0.2) is 9.97 Å². The van der Waals surface area contributed by atoms with Gasteiger partial charge in [-0.1, -0.05) is 0 Å². The van der Waals surface area contributed by atoms with Gasteiger partial charge in [0.25, 0.3) is 0 Å². The van der Waals surface area contributed by atoms with Crippen molar-refractivity contribution in [2.24, 2.45) is 0 Å². The third-order valence-electron chi connectivity index (χ3n) is 3.26. The molecule has 1 aliphatic heterocycles. The quantitative estimate of drug-likeness (QED) is 0.719. The molecule has 0 radical (unpaired) electrons. The zero-order valence-electron chi connectivity index (χ0n) is 9.81. The first kappa shape index (κ1) is 11.0. The number of piperidine rings is 1. The second-order valence-electron chi connectivity index (χ2n) is 4.37. The van der Waals surface area contributed by atoms with Crippen LogP contribution < -0.4 is 0 Å². The highest BCUT2D eigenvalue weighted by molar-refractivity contribution is 5.73. The standard InChI is InChI=1S/C12H17N3O/c1-9-7-13-8-14-12(9)11-3-5-15(6-4-11)10(2)16/h7-8,11H,3-6H2,1-2H3. The molecule has 1 fully saturated rings. The van der Waals surface area contributed by atoms with Crippen molar-refractivity contribution in [1.29, 1.82) is 0 Å². The number of amides is 1. The molecule has 0 N–H and O–H groups in total. The van der Waals surface area contributed by atoms with Crippen molar-refractivity contribution in [2.45, 2.75) is 32.6 Å². The minimum absolute atomic E-state index is 0.179. The first-order chi connectivity index (χ1) is 7.68. The van der Waals surface area contributed by atoms with E-state index in [2.05, 4.69) is 9.97 Å². The number of carbonyl (C=O) groups excluding carboxylic acids is 1. The van der Waals surface area contributed by atoms with Gasteiger partial charge in [0.1, 0.15) is 6.33 Å². The number of hydrogen-bond acceptors (Lipinski definition) is 3. The molecule has 16 heavy (non-hydrogen) atoms. The predicted molar refractivity (Wildman–Crippen MR) is 61.0 cm³/mol. The molecule has 0 aliphatic carbocycles. The SMILES string of the molecule is CC(=O)N1CCC(c2ncncc2C)CC1. The fraction of sp³-hybridized carbons (Fsp3) is 0.583. The molecular formula is C12H17N3O. The summed E-state index contributed by atoms with van der Waals surface area (Å²) in [7, 11) is 0. The summed E-state index contributed by atoms with van der Waals surface area (Å²) in [5, 5.41) is 0. The number of hydrogen-bond donors (Lipinski definition) is 0. The number of aryl methyl sites for hydroxylation is 1. The summed E-state index contributed by atoms with van der Waals surface area (Å²) >= 11 is 0. The summed E-state index contributed by atoms with van der Waals surface area (Å²) in [6, 6.07) is 0. The smallest absolute Gasteiger partial charge is 0.219 e. The Morgan fingerprint density at radius 2 is 2.12 bits per heavy atom. The van der Waals surface area contributed by atoms with Gasteiger partial charge in [0.2, 0.25) is 5.91 Å². The van der Waals surface area contributed by atoms with Crippen LogP contribution in [0.15, 0.2) is 12.5 Å². The molecule has 0 unspecified atom stereocenters. The molecule has 1 aromatic heterocycles. The van der Waals surface area contributed by atoms with E-state index in [1.54, 1.807) is 13.3 Å². The lowest BCUT2D eigenvalue weighted by molar-refractivity contribution is -0.129. The number of rotatable bonds is 1. The summed E-state index contributed by atoms with van der Waals surface area (Å²) in [6.07, 6.45) is 5.49. The molecule has 2 heterocycles. The van der Waals surface area contributed by atoms with E-state index in [4.69, 9.17) is 0 Å². The van der Waals surface area contributed by atoms with Crippen LogP contribution in [-0.2, 0) is 4.79 Å². The monoisotopic (exact) mass is 219 g/mol. The Bertz CT molecular complexity index is 384. The minimum atomic E-state index is 0.179. The highest BCUT2D eigenvalue weighted by Crippen LogP contribution is 2.27. The van der Waals surface area contributed by atoms with E-state index < -0.39 is 0 Å². The summed E-state index contributed by atoms with van der Waals surface area (Å²) in [6.45, 7) is 5.38. The van der Waals surface area contributed by atoms with Crippen molar-refractivity contribution >= 4 is 5.91 Å². The van der Waals surface area contributed by atoms with Gasteiger partial charge in [-0.3, -0.25) is 4.79 Å². The highest BCUT2D eigenvalue weighted by Gasteiger charge is 2.23. The number of nitrogens with zero attached hydrogens (tertiary/aromatic N) is 3. The Kier molecular flexibility index (Phi) is 3.17. The molecule has 0 atom stereocenters. The Hall–Kier alpha value is -1.45. The highest BCUT2D eigenvalue weighted by atomic mass is 16.2. The normalized spacial score (nSPS) is 17.5. The van der Waals surface area contributed by atoms with Gasteiger partial charge >= 0.3 is 0 Å². The summed E-state index contributed by atoms with van der Waals surface area (Å²) in [5.41, 5.74) is 2.31. The van der Waals surface area contributed by atoms with Gasteiger partial charge in [0, 0.05) is 37.8 Å². The molecule has 1 aromatic rings. The van der Waals surface area contributed by atoms with Gasteiger partial charge in [-0.05, 0) is 25.3 Å². The Morgan fingerprint density at radius 1 is 1.44 bits per heavy atom. The molecule has 1 saturated heterocycles. The zero-order valence-corrected chi connectivity index (χ0v) is 9.81. The van der Waals surface area contributed by atoms with Crippen LogP contribution in [0.1, 0.15) is 36.9 Å². The van der Waals surface area contributed by atoms with Crippen LogP contribution in [0.25, 0.3) is 0 Å². The zero-order chi connectivity index (χ0) is 11.5. The van der Waals surface area contributed by atoms with Crippen molar-refractivity contribution in [3.63, 3.8) is 0 Å². The van der Waals surface area contributed by atoms with Crippen LogP contribution in [0.4, 0.5) is 0 Å². The maximum atomic E-state index is 11.2. The molecule has 0 spiro atoms. The van der Waals surface area contributed by atoms with Crippen LogP contribution in [-0.4, -0.2) is 33.9 Å². The van der Waals surface area contributed by atoms with Gasteiger partial charge in [0.05, 0.1) is 0 Å². The van der Waals surface area contributed by atoms with Gasteiger partial charge < -0.3 is 4.90 Å². The lowest BCUT2D eigenvalue weighted by Crippen LogP contribution is -2.36. The second-order valence-corrected chi connectivity index (χ2v) is 4.37. The molecule has 4 heteroatoms. The first-order valence-electron chi connectivity index (χ1n) is 5.70. The lowest BCUT2D eigenvalue weighted by atomic mass is 9.91. The third kappa shape index (κ3) is 2.21. The summed E-state index contributed by atoms with van der Waals surface area (Å²) in [4.78, 5) is 21.5. The topological polar surface area (TPSA) is 46.1 Å². The Balaban J connectivity index is 2.05. The maximum absolute atomic E-state index is 11.2. The average Bonchev–Trinajstić information content (AvgIpc) is 2.30. The molecule has 1 aliphatic rings. The van der Waals surface area contributed by atoms with Gasteiger partial charge in [0.15, 0.2) is 0 Å². The maximum Gasteiger partial charge on any atom is 0.219 e. The average molecular weight is 219 g/mol. The van der Waals surface area contributed by atoms with Crippen LogP contribution in [0.5, 0.6) is 0 Å². The molecule has 4 nitrogen and oxygen atoms in total. The molecule has 0 aromatic carbocycles. The van der Waals surface area contributed by atoms with Crippen LogP contribution >= 0.6 is 0 Å². The fourth-order valence-electron chi connectivity index (χ4n) is 2.30. The van der Waals surface area contributed by atoms with E-state index in [1.807, 2.05) is 18.0 Å². The number of carbonyl (C=O) groups is 1. The Morgan fingerprint density at radius 3 is 2.69 bits per heavy atom. The molecule has 0 saturated carbocycles. The second kappa shape index (κ2) is 4.60. The van der Waals surface area contributed by atoms with Crippen molar-refractivity contribution in [2.75, 3.05) is 13.1 Å². The van der Waals surface area contributed by atoms with E-state index in [1.165, 1.54) is 0 Å². The third-order valence-corrected chi connectivity index (χ3v) is 3.26. The number of aromatic nitrogens is 2. The van der Waals surface area contributed by atoms with E-state index in [0.29, 0.717) is 5.92 Å². The van der Waals surface area contributed by atoms with Crippen molar-refractivity contribution in [1.82, 2.24) is 14.9 Å². The molecule has 86 valence electrons. The van der Waals surface area contributed by atoms with Gasteiger partial charge in [-0.2, -0.15) is 0 Å². The molecule has 2 rings (SSSR count). The van der Waals surface area contributed by atoms with Crippen molar-refractivity contribution in [3.8, 4) is 0 Å². The Labute approximate surface area is 95.7 Å². The van der Waals surface area contributed by atoms with E-state index in [0.717, 1.165) is 37.2 Å². The molecular weight excluding hydrogens is 202 g/mol. The molecule has 1 amide bonds. The fourth-order valence-corrected chi connectivity index (χ4v) is 2.30. The van der Waals surface area contributed by atoms with E-state index in [-0.39, 0.29) is 5.91 Å². The van der Waals surface area contributed by atoms with Gasteiger partial charge in [-0.15, -0.1) is 0 Å².